The predicted molar refractivity (Wildman–Crippen MR) is 67.5 cm³/mol. The van der Waals surface area contributed by atoms with Gasteiger partial charge in [-0.05, 0) is 24.6 Å². The van der Waals surface area contributed by atoms with Gasteiger partial charge in [0.15, 0.2) is 0 Å². The first-order chi connectivity index (χ1) is 7.13. The van der Waals surface area contributed by atoms with Gasteiger partial charge in [0, 0.05) is 17.1 Å². The monoisotopic (exact) mass is 269 g/mol. The Bertz CT molecular complexity index is 321. The molecule has 0 saturated carbocycles. The number of nitrogens with one attached hydrogen (secondary N) is 1. The molecule has 0 aliphatic heterocycles. The van der Waals surface area contributed by atoms with Crippen LogP contribution >= 0.6 is 15.9 Å². The van der Waals surface area contributed by atoms with Crippen molar-refractivity contribution in [2.75, 3.05) is 13.7 Å². The minimum Gasteiger partial charge on any atom is -0.497 e. The first-order valence-corrected chi connectivity index (χ1v) is 5.63. The highest BCUT2D eigenvalue weighted by atomic mass is 79.9. The lowest BCUT2D eigenvalue weighted by molar-refractivity contribution is 0.414. The molecule has 15 heavy (non-hydrogen) atoms. The van der Waals surface area contributed by atoms with E-state index >= 15 is 0 Å². The molecule has 0 aliphatic carbocycles. The van der Waals surface area contributed by atoms with Crippen molar-refractivity contribution in [1.29, 1.82) is 0 Å². The molecule has 3 heteroatoms. The van der Waals surface area contributed by atoms with E-state index in [4.69, 9.17) is 4.74 Å². The van der Waals surface area contributed by atoms with Crippen molar-refractivity contribution in [2.24, 2.45) is 0 Å². The highest BCUT2D eigenvalue weighted by Crippen LogP contribution is 2.17. The second-order valence-electron chi connectivity index (χ2n) is 3.39. The van der Waals surface area contributed by atoms with Crippen molar-refractivity contribution in [1.82, 2.24) is 5.32 Å². The van der Waals surface area contributed by atoms with E-state index in [1.807, 2.05) is 12.1 Å². The highest BCUT2D eigenvalue weighted by molar-refractivity contribution is 9.11. The molecular formula is C12H16BrNO. The first kappa shape index (κ1) is 12.3. The molecule has 0 radical (unpaired) electrons. The lowest BCUT2D eigenvalue weighted by Gasteiger charge is -2.14. The Labute approximate surface area is 99.5 Å². The zero-order chi connectivity index (χ0) is 11.3. The average molecular weight is 270 g/mol. The predicted octanol–water partition coefficient (Wildman–Crippen LogP) is 3.25. The van der Waals surface area contributed by atoms with Gasteiger partial charge < -0.3 is 10.1 Å². The molecule has 0 amide bonds. The van der Waals surface area contributed by atoms with Crippen LogP contribution in [-0.4, -0.2) is 13.7 Å². The number of methoxy groups -OCH3 is 1. The summed E-state index contributed by atoms with van der Waals surface area (Å²) in [5, 5.41) is 3.35. The second kappa shape index (κ2) is 5.93. The zero-order valence-electron chi connectivity index (χ0n) is 9.09. The van der Waals surface area contributed by atoms with Gasteiger partial charge in [-0.2, -0.15) is 0 Å². The second-order valence-corrected chi connectivity index (χ2v) is 4.51. The molecule has 0 heterocycles. The highest BCUT2D eigenvalue weighted by Gasteiger charge is 2.04. The Balaban J connectivity index is 2.57. The Morgan fingerprint density at radius 2 is 2.07 bits per heavy atom. The minimum atomic E-state index is 0.310. The third kappa shape index (κ3) is 4.06. The quantitative estimate of drug-likeness (QED) is 0.886. The standard InChI is InChI=1S/C12H16BrNO/c1-9(13)8-14-10(2)11-4-6-12(15-3)7-5-11/h4-7,10,14H,1,8H2,2-3H3. The minimum absolute atomic E-state index is 0.310. The SMILES string of the molecule is C=C(Br)CNC(C)c1ccc(OC)cc1. The average Bonchev–Trinajstić information content (AvgIpc) is 2.26. The van der Waals surface area contributed by atoms with Gasteiger partial charge in [-0.15, -0.1) is 0 Å². The summed E-state index contributed by atoms with van der Waals surface area (Å²) in [7, 11) is 1.67. The lowest BCUT2D eigenvalue weighted by Crippen LogP contribution is -2.19. The van der Waals surface area contributed by atoms with Crippen molar-refractivity contribution in [3.8, 4) is 5.75 Å². The van der Waals surface area contributed by atoms with Crippen molar-refractivity contribution < 1.29 is 4.74 Å². The largest absolute Gasteiger partial charge is 0.497 e. The van der Waals surface area contributed by atoms with Crippen molar-refractivity contribution in [2.45, 2.75) is 13.0 Å². The topological polar surface area (TPSA) is 21.3 Å². The summed E-state index contributed by atoms with van der Waals surface area (Å²) in [6, 6.07) is 8.37. The van der Waals surface area contributed by atoms with E-state index in [0.717, 1.165) is 16.8 Å². The van der Waals surface area contributed by atoms with Gasteiger partial charge in [-0.1, -0.05) is 34.6 Å². The summed E-state index contributed by atoms with van der Waals surface area (Å²) in [4.78, 5) is 0. The number of halogens is 1. The van der Waals surface area contributed by atoms with Gasteiger partial charge in [-0.3, -0.25) is 0 Å². The van der Waals surface area contributed by atoms with Crippen LogP contribution < -0.4 is 10.1 Å². The zero-order valence-corrected chi connectivity index (χ0v) is 10.7. The van der Waals surface area contributed by atoms with E-state index in [1.165, 1.54) is 5.56 Å². The number of hydrogen-bond donors (Lipinski definition) is 1. The van der Waals surface area contributed by atoms with Gasteiger partial charge in [0.05, 0.1) is 7.11 Å². The van der Waals surface area contributed by atoms with Crippen molar-refractivity contribution in [3.63, 3.8) is 0 Å². The molecule has 1 rings (SSSR count). The maximum atomic E-state index is 5.11. The smallest absolute Gasteiger partial charge is 0.118 e. The molecule has 1 aromatic carbocycles. The molecule has 0 saturated heterocycles. The third-order valence-corrected chi connectivity index (χ3v) is 2.50. The van der Waals surface area contributed by atoms with Crippen LogP contribution in [-0.2, 0) is 0 Å². The van der Waals surface area contributed by atoms with Gasteiger partial charge in [0.25, 0.3) is 0 Å². The Hall–Kier alpha value is -0.800. The fourth-order valence-corrected chi connectivity index (χ4v) is 1.44. The van der Waals surface area contributed by atoms with Crippen LogP contribution in [0.3, 0.4) is 0 Å². The van der Waals surface area contributed by atoms with Gasteiger partial charge in [0.1, 0.15) is 5.75 Å². The summed E-state index contributed by atoms with van der Waals surface area (Å²) >= 11 is 3.32. The van der Waals surface area contributed by atoms with Crippen molar-refractivity contribution >= 4 is 15.9 Å². The van der Waals surface area contributed by atoms with Crippen LogP contribution in [0.15, 0.2) is 35.3 Å². The van der Waals surface area contributed by atoms with Gasteiger partial charge in [0.2, 0.25) is 0 Å². The van der Waals surface area contributed by atoms with E-state index < -0.39 is 0 Å². The summed E-state index contributed by atoms with van der Waals surface area (Å²) in [5.74, 6) is 0.885. The summed E-state index contributed by atoms with van der Waals surface area (Å²) < 4.78 is 6.07. The normalized spacial score (nSPS) is 12.2. The Kier molecular flexibility index (Phi) is 4.85. The van der Waals surface area contributed by atoms with Crippen LogP contribution in [0, 0.1) is 0 Å². The molecule has 0 spiro atoms. The number of rotatable bonds is 5. The molecule has 82 valence electrons. The molecule has 0 aromatic heterocycles. The van der Waals surface area contributed by atoms with Crippen LogP contribution in [0.1, 0.15) is 18.5 Å². The van der Waals surface area contributed by atoms with Gasteiger partial charge >= 0.3 is 0 Å². The fourth-order valence-electron chi connectivity index (χ4n) is 1.27. The first-order valence-electron chi connectivity index (χ1n) is 4.84. The Morgan fingerprint density at radius 1 is 1.47 bits per heavy atom. The van der Waals surface area contributed by atoms with E-state index in [9.17, 15) is 0 Å². The molecule has 2 nitrogen and oxygen atoms in total. The molecule has 1 N–H and O–H groups in total. The van der Waals surface area contributed by atoms with Crippen molar-refractivity contribution in [3.05, 3.63) is 40.9 Å². The van der Waals surface area contributed by atoms with Crippen LogP contribution in [0.4, 0.5) is 0 Å². The molecule has 1 atom stereocenters. The Morgan fingerprint density at radius 3 is 2.53 bits per heavy atom. The molecule has 0 fully saturated rings. The van der Waals surface area contributed by atoms with Crippen LogP contribution in [0.5, 0.6) is 5.75 Å². The van der Waals surface area contributed by atoms with E-state index in [2.05, 4.69) is 46.9 Å². The molecule has 1 aromatic rings. The lowest BCUT2D eigenvalue weighted by atomic mass is 10.1. The maximum Gasteiger partial charge on any atom is 0.118 e. The van der Waals surface area contributed by atoms with Crippen LogP contribution in [0.2, 0.25) is 0 Å². The van der Waals surface area contributed by atoms with E-state index in [0.29, 0.717) is 6.04 Å². The summed E-state index contributed by atoms with van der Waals surface area (Å²) in [6.45, 7) is 6.68. The summed E-state index contributed by atoms with van der Waals surface area (Å²) in [6.07, 6.45) is 0. The number of benzene rings is 1. The van der Waals surface area contributed by atoms with E-state index in [1.54, 1.807) is 7.11 Å². The number of ether oxygens (including phenoxy) is 1. The van der Waals surface area contributed by atoms with E-state index in [-0.39, 0.29) is 0 Å². The maximum absolute atomic E-state index is 5.11. The van der Waals surface area contributed by atoms with Gasteiger partial charge in [-0.25, -0.2) is 0 Å². The molecule has 0 bridgehead atoms. The fraction of sp³-hybridized carbons (Fsp3) is 0.333. The molecule has 0 aliphatic rings. The van der Waals surface area contributed by atoms with Crippen LogP contribution in [0.25, 0.3) is 0 Å². The molecular weight excluding hydrogens is 254 g/mol. The number of hydrogen-bond acceptors (Lipinski definition) is 2. The third-order valence-electron chi connectivity index (χ3n) is 2.22. The summed E-state index contributed by atoms with van der Waals surface area (Å²) in [5.41, 5.74) is 1.24. The molecule has 1 unspecified atom stereocenters.